The van der Waals surface area contributed by atoms with E-state index in [9.17, 15) is 9.18 Å². The van der Waals surface area contributed by atoms with Crippen molar-refractivity contribution in [1.29, 1.82) is 0 Å². The third-order valence-corrected chi connectivity index (χ3v) is 2.62. The quantitative estimate of drug-likeness (QED) is 0.733. The first kappa shape index (κ1) is 11.1. The van der Waals surface area contributed by atoms with Crippen molar-refractivity contribution in [2.24, 2.45) is 0 Å². The van der Waals surface area contributed by atoms with Crippen LogP contribution in [0.5, 0.6) is 5.75 Å². The number of carbonyl (C=O) groups is 1. The molecule has 1 aliphatic carbocycles. The molecule has 16 heavy (non-hydrogen) atoms. The second-order valence-electron chi connectivity index (χ2n) is 3.70. The number of ether oxygens (including phenoxy) is 2. The number of ketones is 1. The summed E-state index contributed by atoms with van der Waals surface area (Å²) in [6.07, 6.45) is 1.10. The van der Waals surface area contributed by atoms with E-state index in [0.717, 1.165) is 5.56 Å². The van der Waals surface area contributed by atoms with Crippen molar-refractivity contribution in [3.05, 3.63) is 29.1 Å². The fourth-order valence-electron chi connectivity index (χ4n) is 1.79. The molecule has 3 nitrogen and oxygen atoms in total. The highest BCUT2D eigenvalue weighted by molar-refractivity contribution is 6.00. The van der Waals surface area contributed by atoms with Gasteiger partial charge in [-0.3, -0.25) is 4.79 Å². The predicted molar refractivity (Wildman–Crippen MR) is 56.4 cm³/mol. The minimum absolute atomic E-state index is 0.0617. The SMILES string of the molecule is COCCOc1cc2c(cc1F)CCC2=O. The third-order valence-electron chi connectivity index (χ3n) is 2.62. The molecule has 0 saturated heterocycles. The summed E-state index contributed by atoms with van der Waals surface area (Å²) in [5.74, 6) is -0.220. The summed E-state index contributed by atoms with van der Waals surface area (Å²) in [5, 5.41) is 0. The van der Waals surface area contributed by atoms with Crippen LogP contribution in [0.15, 0.2) is 12.1 Å². The van der Waals surface area contributed by atoms with Crippen molar-refractivity contribution in [3.8, 4) is 5.75 Å². The molecule has 0 amide bonds. The van der Waals surface area contributed by atoms with E-state index in [-0.39, 0.29) is 18.1 Å². The second kappa shape index (κ2) is 4.61. The Kier molecular flexibility index (Phi) is 3.19. The van der Waals surface area contributed by atoms with Crippen LogP contribution in [-0.2, 0) is 11.2 Å². The lowest BCUT2D eigenvalue weighted by Gasteiger charge is -2.08. The lowest BCUT2D eigenvalue weighted by atomic mass is 10.1. The maximum absolute atomic E-state index is 13.5. The van der Waals surface area contributed by atoms with Gasteiger partial charge in [0.05, 0.1) is 6.61 Å². The number of hydrogen-bond acceptors (Lipinski definition) is 3. The number of aryl methyl sites for hydroxylation is 1. The van der Waals surface area contributed by atoms with Crippen molar-refractivity contribution in [2.45, 2.75) is 12.8 Å². The van der Waals surface area contributed by atoms with Gasteiger partial charge in [0.15, 0.2) is 17.3 Å². The van der Waals surface area contributed by atoms with E-state index < -0.39 is 5.82 Å². The molecule has 0 bridgehead atoms. The van der Waals surface area contributed by atoms with Crippen LogP contribution >= 0.6 is 0 Å². The van der Waals surface area contributed by atoms with Gasteiger partial charge in [-0.15, -0.1) is 0 Å². The average molecular weight is 224 g/mol. The van der Waals surface area contributed by atoms with Gasteiger partial charge < -0.3 is 9.47 Å². The van der Waals surface area contributed by atoms with Gasteiger partial charge in [0, 0.05) is 19.1 Å². The molecule has 0 unspecified atom stereocenters. The van der Waals surface area contributed by atoms with Crippen molar-refractivity contribution in [1.82, 2.24) is 0 Å². The molecule has 0 aliphatic heterocycles. The van der Waals surface area contributed by atoms with Crippen LogP contribution in [0.4, 0.5) is 4.39 Å². The fourth-order valence-corrected chi connectivity index (χ4v) is 1.79. The first-order valence-electron chi connectivity index (χ1n) is 5.19. The Morgan fingerprint density at radius 3 is 2.88 bits per heavy atom. The largest absolute Gasteiger partial charge is 0.488 e. The molecule has 4 heteroatoms. The monoisotopic (exact) mass is 224 g/mol. The van der Waals surface area contributed by atoms with Crippen molar-refractivity contribution in [2.75, 3.05) is 20.3 Å². The maximum atomic E-state index is 13.5. The first-order valence-corrected chi connectivity index (χ1v) is 5.19. The molecule has 0 spiro atoms. The summed E-state index contributed by atoms with van der Waals surface area (Å²) in [6, 6.07) is 2.89. The Balaban J connectivity index is 2.19. The predicted octanol–water partition coefficient (Wildman–Crippen LogP) is 1.98. The number of methoxy groups -OCH3 is 1. The number of carbonyl (C=O) groups excluding carboxylic acids is 1. The van der Waals surface area contributed by atoms with Gasteiger partial charge in [0.1, 0.15) is 6.61 Å². The summed E-state index contributed by atoms with van der Waals surface area (Å²) in [5.41, 5.74) is 1.37. The van der Waals surface area contributed by atoms with E-state index in [0.29, 0.717) is 25.0 Å². The maximum Gasteiger partial charge on any atom is 0.165 e. The van der Waals surface area contributed by atoms with Gasteiger partial charge in [-0.25, -0.2) is 4.39 Å². The normalized spacial score (nSPS) is 14.0. The van der Waals surface area contributed by atoms with E-state index in [1.807, 2.05) is 0 Å². The number of benzene rings is 1. The highest BCUT2D eigenvalue weighted by atomic mass is 19.1. The Morgan fingerprint density at radius 2 is 2.12 bits per heavy atom. The topological polar surface area (TPSA) is 35.5 Å². The second-order valence-corrected chi connectivity index (χ2v) is 3.70. The fraction of sp³-hybridized carbons (Fsp3) is 0.417. The molecule has 1 aliphatic rings. The molecule has 1 aromatic rings. The molecule has 0 saturated carbocycles. The summed E-state index contributed by atoms with van der Waals surface area (Å²) >= 11 is 0. The minimum atomic E-state index is -0.412. The molecular weight excluding hydrogens is 211 g/mol. The van der Waals surface area contributed by atoms with Crippen LogP contribution in [0.1, 0.15) is 22.3 Å². The van der Waals surface area contributed by atoms with Crippen LogP contribution in [0.2, 0.25) is 0 Å². The number of hydrogen-bond donors (Lipinski definition) is 0. The van der Waals surface area contributed by atoms with Crippen LogP contribution in [0.25, 0.3) is 0 Å². The summed E-state index contributed by atoms with van der Waals surface area (Å²) < 4.78 is 23.5. The van der Waals surface area contributed by atoms with Crippen molar-refractivity contribution in [3.63, 3.8) is 0 Å². The average Bonchev–Trinajstić information content (AvgIpc) is 2.61. The summed E-state index contributed by atoms with van der Waals surface area (Å²) in [4.78, 5) is 11.5. The van der Waals surface area contributed by atoms with E-state index in [1.165, 1.54) is 12.1 Å². The van der Waals surface area contributed by atoms with E-state index >= 15 is 0 Å². The number of halogens is 1. The van der Waals surface area contributed by atoms with Crippen LogP contribution in [-0.4, -0.2) is 26.1 Å². The zero-order chi connectivity index (χ0) is 11.5. The zero-order valence-electron chi connectivity index (χ0n) is 9.09. The standard InChI is InChI=1S/C12H13FO3/c1-15-4-5-16-12-7-9-8(6-10(12)13)2-3-11(9)14/h6-7H,2-5H2,1H3. The van der Waals surface area contributed by atoms with Gasteiger partial charge in [-0.1, -0.05) is 0 Å². The first-order chi connectivity index (χ1) is 7.72. The molecule has 0 aromatic heterocycles. The molecule has 2 rings (SSSR count). The molecule has 0 fully saturated rings. The molecular formula is C12H13FO3. The van der Waals surface area contributed by atoms with Crippen LogP contribution in [0.3, 0.4) is 0 Å². The molecule has 0 atom stereocenters. The highest BCUT2D eigenvalue weighted by Gasteiger charge is 2.22. The smallest absolute Gasteiger partial charge is 0.165 e. The van der Waals surface area contributed by atoms with Gasteiger partial charge >= 0.3 is 0 Å². The Bertz CT molecular complexity index is 415. The van der Waals surface area contributed by atoms with Gasteiger partial charge in [0.25, 0.3) is 0 Å². The minimum Gasteiger partial charge on any atom is -0.488 e. The molecule has 1 aromatic carbocycles. The number of Topliss-reactive ketones (excluding diaryl/α,β-unsaturated/α-hetero) is 1. The van der Waals surface area contributed by atoms with E-state index in [4.69, 9.17) is 9.47 Å². The molecule has 0 heterocycles. The van der Waals surface area contributed by atoms with Gasteiger partial charge in [-0.05, 0) is 24.1 Å². The number of fused-ring (bicyclic) bond motifs is 1. The summed E-state index contributed by atoms with van der Waals surface area (Å²) in [7, 11) is 1.55. The molecule has 0 N–H and O–H groups in total. The van der Waals surface area contributed by atoms with Crippen molar-refractivity contribution >= 4 is 5.78 Å². The van der Waals surface area contributed by atoms with Crippen LogP contribution in [0, 0.1) is 5.82 Å². The van der Waals surface area contributed by atoms with Crippen molar-refractivity contribution < 1.29 is 18.7 Å². The van der Waals surface area contributed by atoms with Gasteiger partial charge in [0.2, 0.25) is 0 Å². The lowest BCUT2D eigenvalue weighted by molar-refractivity contribution is 0.0994. The molecule has 0 radical (unpaired) electrons. The number of rotatable bonds is 4. The van der Waals surface area contributed by atoms with E-state index in [1.54, 1.807) is 7.11 Å². The van der Waals surface area contributed by atoms with Crippen LogP contribution < -0.4 is 4.74 Å². The zero-order valence-corrected chi connectivity index (χ0v) is 9.09. The Labute approximate surface area is 93.2 Å². The highest BCUT2D eigenvalue weighted by Crippen LogP contribution is 2.28. The van der Waals surface area contributed by atoms with E-state index in [2.05, 4.69) is 0 Å². The molecule has 86 valence electrons. The Morgan fingerprint density at radius 1 is 1.31 bits per heavy atom. The third kappa shape index (κ3) is 2.07. The Hall–Kier alpha value is -1.42. The lowest BCUT2D eigenvalue weighted by Crippen LogP contribution is -2.06. The van der Waals surface area contributed by atoms with Gasteiger partial charge in [-0.2, -0.15) is 0 Å². The summed E-state index contributed by atoms with van der Waals surface area (Å²) in [6.45, 7) is 0.671.